The molecule has 0 saturated carbocycles. The van der Waals surface area contributed by atoms with Crippen molar-refractivity contribution in [3.8, 4) is 0 Å². The summed E-state index contributed by atoms with van der Waals surface area (Å²) < 4.78 is 0. The van der Waals surface area contributed by atoms with Crippen molar-refractivity contribution in [2.24, 2.45) is 5.41 Å². The van der Waals surface area contributed by atoms with Gasteiger partial charge < -0.3 is 4.90 Å². The van der Waals surface area contributed by atoms with Gasteiger partial charge in [-0.1, -0.05) is 54.4 Å². The average Bonchev–Trinajstić information content (AvgIpc) is 2.47. The topological polar surface area (TPSA) is 29.0 Å². The lowest BCUT2D eigenvalue weighted by Gasteiger charge is -2.34. The number of nitrogens with zero attached hydrogens (tertiary/aromatic N) is 3. The summed E-state index contributed by atoms with van der Waals surface area (Å²) in [6.45, 7) is 14.6. The molecule has 22 heavy (non-hydrogen) atoms. The lowest BCUT2D eigenvalue weighted by molar-refractivity contribution is 0.363. The molecule has 3 nitrogen and oxygen atoms in total. The standard InChI is InChI=1S/C19H35N3/c1-7-10-17(11-8-2)22(13-12-19(4,5)6)18-20-14-16(9-3)15-21-18/h14-15,17H,7-13H2,1-6H3. The van der Waals surface area contributed by atoms with E-state index >= 15 is 0 Å². The quantitative estimate of drug-likeness (QED) is 0.624. The summed E-state index contributed by atoms with van der Waals surface area (Å²) in [5, 5.41) is 0. The first-order valence-electron chi connectivity index (χ1n) is 8.98. The van der Waals surface area contributed by atoms with Crippen LogP contribution < -0.4 is 4.90 Å². The van der Waals surface area contributed by atoms with Crippen molar-refractivity contribution in [2.45, 2.75) is 86.1 Å². The maximum absolute atomic E-state index is 4.65. The molecule has 0 aliphatic heterocycles. The second-order valence-electron chi connectivity index (χ2n) is 7.48. The fourth-order valence-electron chi connectivity index (χ4n) is 2.70. The first-order valence-corrected chi connectivity index (χ1v) is 8.98. The van der Waals surface area contributed by atoms with E-state index in [2.05, 4.69) is 56.4 Å². The molecular weight excluding hydrogens is 270 g/mol. The van der Waals surface area contributed by atoms with E-state index in [0.717, 1.165) is 25.3 Å². The van der Waals surface area contributed by atoms with Gasteiger partial charge in [0.05, 0.1) is 0 Å². The summed E-state index contributed by atoms with van der Waals surface area (Å²) in [5.41, 5.74) is 1.55. The molecule has 0 amide bonds. The number of aromatic nitrogens is 2. The van der Waals surface area contributed by atoms with Crippen molar-refractivity contribution in [1.82, 2.24) is 9.97 Å². The molecule has 0 atom stereocenters. The van der Waals surface area contributed by atoms with E-state index in [4.69, 9.17) is 0 Å². The summed E-state index contributed by atoms with van der Waals surface area (Å²) in [4.78, 5) is 11.8. The highest BCUT2D eigenvalue weighted by Gasteiger charge is 2.22. The van der Waals surface area contributed by atoms with Crippen molar-refractivity contribution in [3.63, 3.8) is 0 Å². The van der Waals surface area contributed by atoms with Crippen molar-refractivity contribution in [3.05, 3.63) is 18.0 Å². The van der Waals surface area contributed by atoms with Gasteiger partial charge in [-0.2, -0.15) is 0 Å². The molecule has 0 aromatic carbocycles. The van der Waals surface area contributed by atoms with E-state index < -0.39 is 0 Å². The first-order chi connectivity index (χ1) is 10.4. The normalized spacial score (nSPS) is 12.0. The fraction of sp³-hybridized carbons (Fsp3) is 0.789. The molecule has 1 aromatic rings. The molecule has 0 radical (unpaired) electrons. The highest BCUT2D eigenvalue weighted by atomic mass is 15.3. The van der Waals surface area contributed by atoms with Crippen LogP contribution in [0.3, 0.4) is 0 Å². The van der Waals surface area contributed by atoms with Crippen LogP contribution >= 0.6 is 0 Å². The lowest BCUT2D eigenvalue weighted by atomic mass is 9.91. The molecule has 0 bridgehead atoms. The number of anilines is 1. The second-order valence-corrected chi connectivity index (χ2v) is 7.48. The van der Waals surface area contributed by atoms with Crippen LogP contribution in [-0.4, -0.2) is 22.6 Å². The van der Waals surface area contributed by atoms with E-state index in [1.807, 2.05) is 12.4 Å². The van der Waals surface area contributed by atoms with Crippen LogP contribution in [-0.2, 0) is 6.42 Å². The summed E-state index contributed by atoms with van der Waals surface area (Å²) in [7, 11) is 0. The van der Waals surface area contributed by atoms with Gasteiger partial charge in [-0.3, -0.25) is 0 Å². The zero-order valence-corrected chi connectivity index (χ0v) is 15.5. The molecule has 1 heterocycles. The van der Waals surface area contributed by atoms with Crippen molar-refractivity contribution in [2.75, 3.05) is 11.4 Å². The molecule has 3 heteroatoms. The van der Waals surface area contributed by atoms with Gasteiger partial charge in [0.25, 0.3) is 0 Å². The Bertz CT molecular complexity index is 400. The molecular formula is C19H35N3. The van der Waals surface area contributed by atoms with Crippen molar-refractivity contribution in [1.29, 1.82) is 0 Å². The first kappa shape index (κ1) is 18.9. The van der Waals surface area contributed by atoms with Crippen LogP contribution in [0.15, 0.2) is 12.4 Å². The third-order valence-corrected chi connectivity index (χ3v) is 4.14. The maximum atomic E-state index is 4.65. The van der Waals surface area contributed by atoms with Crippen LogP contribution in [0.5, 0.6) is 0 Å². The van der Waals surface area contributed by atoms with Gasteiger partial charge in [0, 0.05) is 25.0 Å². The van der Waals surface area contributed by atoms with Crippen LogP contribution in [0.4, 0.5) is 5.95 Å². The Labute approximate surface area is 137 Å². The summed E-state index contributed by atoms with van der Waals surface area (Å²) in [6, 6.07) is 0.560. The molecule has 126 valence electrons. The Morgan fingerprint density at radius 3 is 1.95 bits per heavy atom. The SMILES string of the molecule is CCCC(CCC)N(CCC(C)(C)C)c1ncc(CC)cn1. The number of rotatable bonds is 9. The van der Waals surface area contributed by atoms with E-state index in [0.29, 0.717) is 11.5 Å². The monoisotopic (exact) mass is 305 g/mol. The number of hydrogen-bond donors (Lipinski definition) is 0. The molecule has 1 rings (SSSR count). The van der Waals surface area contributed by atoms with Gasteiger partial charge in [-0.25, -0.2) is 9.97 Å². The summed E-state index contributed by atoms with van der Waals surface area (Å²) >= 11 is 0. The van der Waals surface area contributed by atoms with Gasteiger partial charge >= 0.3 is 0 Å². The van der Waals surface area contributed by atoms with Crippen LogP contribution in [0.25, 0.3) is 0 Å². The summed E-state index contributed by atoms with van der Waals surface area (Å²) in [5.74, 6) is 0.911. The maximum Gasteiger partial charge on any atom is 0.225 e. The average molecular weight is 306 g/mol. The largest absolute Gasteiger partial charge is 0.338 e. The van der Waals surface area contributed by atoms with E-state index in [9.17, 15) is 0 Å². The van der Waals surface area contributed by atoms with Crippen molar-refractivity contribution >= 4 is 5.95 Å². The molecule has 1 aromatic heterocycles. The Hall–Kier alpha value is -1.12. The molecule has 0 fully saturated rings. The molecule has 0 N–H and O–H groups in total. The predicted molar refractivity (Wildman–Crippen MR) is 96.4 cm³/mol. The van der Waals surface area contributed by atoms with Crippen LogP contribution in [0.1, 0.15) is 79.2 Å². The zero-order valence-electron chi connectivity index (χ0n) is 15.5. The molecule has 0 unspecified atom stereocenters. The summed E-state index contributed by atoms with van der Waals surface area (Å²) in [6.07, 6.45) is 11.0. The Morgan fingerprint density at radius 1 is 1.00 bits per heavy atom. The highest BCUT2D eigenvalue weighted by Crippen LogP contribution is 2.24. The molecule has 0 spiro atoms. The van der Waals surface area contributed by atoms with Gasteiger partial charge in [-0.05, 0) is 36.7 Å². The molecule has 0 aliphatic rings. The third-order valence-electron chi connectivity index (χ3n) is 4.14. The van der Waals surface area contributed by atoms with Crippen LogP contribution in [0.2, 0.25) is 0 Å². The van der Waals surface area contributed by atoms with Crippen LogP contribution in [0, 0.1) is 5.41 Å². The Balaban J connectivity index is 2.96. The Morgan fingerprint density at radius 2 is 1.55 bits per heavy atom. The van der Waals surface area contributed by atoms with Gasteiger partial charge in [0.15, 0.2) is 0 Å². The van der Waals surface area contributed by atoms with Gasteiger partial charge in [0.2, 0.25) is 5.95 Å². The van der Waals surface area contributed by atoms with E-state index in [-0.39, 0.29) is 0 Å². The predicted octanol–water partition coefficient (Wildman–Crippen LogP) is 5.25. The second kappa shape index (κ2) is 9.12. The smallest absolute Gasteiger partial charge is 0.225 e. The van der Waals surface area contributed by atoms with Gasteiger partial charge in [0.1, 0.15) is 0 Å². The van der Waals surface area contributed by atoms with E-state index in [1.54, 1.807) is 0 Å². The number of hydrogen-bond acceptors (Lipinski definition) is 3. The fourth-order valence-corrected chi connectivity index (χ4v) is 2.70. The third kappa shape index (κ3) is 6.33. The highest BCUT2D eigenvalue weighted by molar-refractivity contribution is 5.32. The molecule has 0 saturated heterocycles. The molecule has 0 aliphatic carbocycles. The van der Waals surface area contributed by atoms with Crippen molar-refractivity contribution < 1.29 is 0 Å². The lowest BCUT2D eigenvalue weighted by Crippen LogP contribution is -2.38. The zero-order chi connectivity index (χ0) is 16.6. The van der Waals surface area contributed by atoms with E-state index in [1.165, 1.54) is 31.2 Å². The number of aryl methyl sites for hydroxylation is 1. The minimum Gasteiger partial charge on any atom is -0.338 e. The van der Waals surface area contributed by atoms with Gasteiger partial charge in [-0.15, -0.1) is 0 Å². The minimum absolute atomic E-state index is 0.338. The minimum atomic E-state index is 0.338. The Kier molecular flexibility index (Phi) is 7.84.